The third-order valence-electron chi connectivity index (χ3n) is 5.13. The highest BCUT2D eigenvalue weighted by atomic mass is 16.7. The van der Waals surface area contributed by atoms with Gasteiger partial charge in [-0.15, -0.1) is 0 Å². The van der Waals surface area contributed by atoms with Crippen LogP contribution in [0, 0.1) is 0 Å². The summed E-state index contributed by atoms with van der Waals surface area (Å²) in [5, 5.41) is 68.4. The summed E-state index contributed by atoms with van der Waals surface area (Å²) >= 11 is 0. The largest absolute Gasteiger partial charge is 0.508 e. The molecular formula is C21H20O11. The van der Waals surface area contributed by atoms with Crippen LogP contribution in [0.1, 0.15) is 0 Å². The number of phenols is 3. The average molecular weight is 448 g/mol. The van der Waals surface area contributed by atoms with Crippen LogP contribution in [0.2, 0.25) is 0 Å². The van der Waals surface area contributed by atoms with Crippen molar-refractivity contribution >= 4 is 11.0 Å². The molecule has 0 radical (unpaired) electrons. The number of aliphatic hydroxyl groups excluding tert-OH is 4. The predicted octanol–water partition coefficient (Wildman–Crippen LogP) is -0.245. The van der Waals surface area contributed by atoms with Gasteiger partial charge in [-0.2, -0.15) is 0 Å². The molecule has 170 valence electrons. The van der Waals surface area contributed by atoms with E-state index >= 15 is 0 Å². The average Bonchev–Trinajstić information content (AvgIpc) is 2.75. The van der Waals surface area contributed by atoms with Crippen LogP contribution < -0.4 is 10.2 Å². The van der Waals surface area contributed by atoms with Crippen LogP contribution in [-0.2, 0) is 4.74 Å². The molecule has 0 amide bonds. The number of ether oxygens (including phenoxy) is 2. The van der Waals surface area contributed by atoms with Gasteiger partial charge < -0.3 is 49.6 Å². The fourth-order valence-corrected chi connectivity index (χ4v) is 3.44. The Hall–Kier alpha value is -3.35. The zero-order valence-corrected chi connectivity index (χ0v) is 16.3. The van der Waals surface area contributed by atoms with Crippen molar-refractivity contribution in [2.45, 2.75) is 30.7 Å². The highest BCUT2D eigenvalue weighted by Gasteiger charge is 2.45. The molecule has 1 aliphatic heterocycles. The lowest BCUT2D eigenvalue weighted by molar-refractivity contribution is -0.277. The second-order valence-electron chi connectivity index (χ2n) is 7.31. The number of benzene rings is 2. The number of fused-ring (bicyclic) bond motifs is 1. The maximum atomic E-state index is 12.9. The molecule has 1 fully saturated rings. The Morgan fingerprint density at radius 2 is 1.66 bits per heavy atom. The highest BCUT2D eigenvalue weighted by Crippen LogP contribution is 2.35. The molecule has 4 rings (SSSR count). The molecule has 0 unspecified atom stereocenters. The number of aromatic hydroxyl groups is 3. The van der Waals surface area contributed by atoms with Gasteiger partial charge in [-0.25, -0.2) is 0 Å². The normalized spacial score (nSPS) is 25.7. The summed E-state index contributed by atoms with van der Waals surface area (Å²) < 4.78 is 16.5. The first-order chi connectivity index (χ1) is 15.2. The summed E-state index contributed by atoms with van der Waals surface area (Å²) in [5.74, 6) is -1.34. The lowest BCUT2D eigenvalue weighted by Gasteiger charge is -2.39. The van der Waals surface area contributed by atoms with Crippen molar-refractivity contribution in [2.24, 2.45) is 0 Å². The Morgan fingerprint density at radius 3 is 2.34 bits per heavy atom. The van der Waals surface area contributed by atoms with Gasteiger partial charge in [0.25, 0.3) is 0 Å². The lowest BCUT2D eigenvalue weighted by Crippen LogP contribution is -2.60. The minimum Gasteiger partial charge on any atom is -0.508 e. The van der Waals surface area contributed by atoms with E-state index in [-0.39, 0.29) is 39.5 Å². The van der Waals surface area contributed by atoms with Gasteiger partial charge in [-0.05, 0) is 18.2 Å². The molecule has 7 N–H and O–H groups in total. The Balaban J connectivity index is 1.76. The monoisotopic (exact) mass is 448 g/mol. The summed E-state index contributed by atoms with van der Waals surface area (Å²) in [7, 11) is 0. The molecule has 11 heteroatoms. The first kappa shape index (κ1) is 21.9. The molecule has 0 bridgehead atoms. The van der Waals surface area contributed by atoms with E-state index in [1.54, 1.807) is 0 Å². The van der Waals surface area contributed by atoms with Crippen LogP contribution in [0.5, 0.6) is 23.0 Å². The number of phenolic OH excluding ortho intramolecular Hbond substituents is 3. The predicted molar refractivity (Wildman–Crippen MR) is 107 cm³/mol. The van der Waals surface area contributed by atoms with E-state index < -0.39 is 48.5 Å². The van der Waals surface area contributed by atoms with Gasteiger partial charge in [0.15, 0.2) is 16.9 Å². The Kier molecular flexibility index (Phi) is 5.67. The maximum Gasteiger partial charge on any atom is 0.229 e. The first-order valence-corrected chi connectivity index (χ1v) is 9.50. The summed E-state index contributed by atoms with van der Waals surface area (Å²) in [4.78, 5) is 12.9. The molecule has 5 atom stereocenters. The number of aliphatic hydroxyl groups is 4. The minimum absolute atomic E-state index is 0.0298. The minimum atomic E-state index is -1.73. The van der Waals surface area contributed by atoms with E-state index in [1.807, 2.05) is 0 Å². The molecule has 2 heterocycles. The van der Waals surface area contributed by atoms with E-state index in [0.717, 1.165) is 18.2 Å². The van der Waals surface area contributed by atoms with Crippen LogP contribution in [0.4, 0.5) is 0 Å². The zero-order chi connectivity index (χ0) is 23.2. The van der Waals surface area contributed by atoms with E-state index in [4.69, 9.17) is 13.9 Å². The van der Waals surface area contributed by atoms with Crippen molar-refractivity contribution in [3.05, 3.63) is 46.6 Å². The van der Waals surface area contributed by atoms with Gasteiger partial charge in [0.2, 0.25) is 6.29 Å². The van der Waals surface area contributed by atoms with E-state index in [9.17, 15) is 40.5 Å². The second kappa shape index (κ2) is 8.30. The SMILES string of the molecule is O=c1cc(-c2ccc(O)c(O)c2)oc2cc(O)cc(O[C@@H]3O[C@@H](CO)[C@H](O)[C@@H](O)[C@@H]3O)c12. The van der Waals surface area contributed by atoms with Crippen molar-refractivity contribution in [1.82, 2.24) is 0 Å². The molecule has 0 spiro atoms. The van der Waals surface area contributed by atoms with Crippen LogP contribution >= 0.6 is 0 Å². The Labute approximate surface area is 179 Å². The standard InChI is InChI=1S/C21H20O11/c22-7-16-18(27)19(28)20(29)21(32-16)31-15-5-9(23)4-14-17(15)12(26)6-13(30-14)8-1-2-10(24)11(25)3-8/h1-6,16,18-25,27-29H,7H2/t16-,18-,19+,20-,21+/m0/s1. The van der Waals surface area contributed by atoms with E-state index in [1.165, 1.54) is 18.2 Å². The second-order valence-corrected chi connectivity index (χ2v) is 7.31. The topological polar surface area (TPSA) is 190 Å². The van der Waals surface area contributed by atoms with Crippen LogP contribution in [-0.4, -0.2) is 73.1 Å². The van der Waals surface area contributed by atoms with Crippen molar-refractivity contribution in [3.8, 4) is 34.3 Å². The van der Waals surface area contributed by atoms with Gasteiger partial charge in [0, 0.05) is 23.8 Å². The fraction of sp³-hybridized carbons (Fsp3) is 0.286. The molecule has 1 saturated heterocycles. The van der Waals surface area contributed by atoms with Crippen molar-refractivity contribution in [1.29, 1.82) is 0 Å². The molecule has 2 aromatic carbocycles. The first-order valence-electron chi connectivity index (χ1n) is 9.50. The molecule has 1 aliphatic rings. The van der Waals surface area contributed by atoms with Crippen molar-refractivity contribution in [3.63, 3.8) is 0 Å². The highest BCUT2D eigenvalue weighted by molar-refractivity contribution is 5.86. The van der Waals surface area contributed by atoms with Gasteiger partial charge in [-0.3, -0.25) is 4.79 Å². The van der Waals surface area contributed by atoms with E-state index in [2.05, 4.69) is 0 Å². The summed E-state index contributed by atoms with van der Waals surface area (Å²) in [6, 6.07) is 7.14. The molecule has 3 aromatic rings. The lowest BCUT2D eigenvalue weighted by atomic mass is 9.99. The fourth-order valence-electron chi connectivity index (χ4n) is 3.44. The number of hydrogen-bond acceptors (Lipinski definition) is 11. The van der Waals surface area contributed by atoms with Gasteiger partial charge in [-0.1, -0.05) is 0 Å². The van der Waals surface area contributed by atoms with Crippen molar-refractivity contribution in [2.75, 3.05) is 6.61 Å². The summed E-state index contributed by atoms with van der Waals surface area (Å²) in [6.07, 6.45) is -7.82. The third kappa shape index (κ3) is 3.83. The maximum absolute atomic E-state index is 12.9. The van der Waals surface area contributed by atoms with Crippen LogP contribution in [0.3, 0.4) is 0 Å². The van der Waals surface area contributed by atoms with Gasteiger partial charge in [0.1, 0.15) is 52.6 Å². The summed E-state index contributed by atoms with van der Waals surface area (Å²) in [6.45, 7) is -0.670. The Bertz CT molecular complexity index is 1200. The number of hydrogen-bond donors (Lipinski definition) is 7. The molecular weight excluding hydrogens is 428 g/mol. The van der Waals surface area contributed by atoms with E-state index in [0.29, 0.717) is 0 Å². The molecule has 11 nitrogen and oxygen atoms in total. The zero-order valence-electron chi connectivity index (χ0n) is 16.3. The van der Waals surface area contributed by atoms with Crippen LogP contribution in [0.25, 0.3) is 22.3 Å². The molecule has 0 saturated carbocycles. The molecule has 1 aromatic heterocycles. The number of rotatable bonds is 4. The quantitative estimate of drug-likeness (QED) is 0.261. The van der Waals surface area contributed by atoms with Crippen LogP contribution in [0.15, 0.2) is 45.6 Å². The van der Waals surface area contributed by atoms with Crippen molar-refractivity contribution < 1.29 is 49.6 Å². The Morgan fingerprint density at radius 1 is 0.906 bits per heavy atom. The smallest absolute Gasteiger partial charge is 0.229 e. The third-order valence-corrected chi connectivity index (χ3v) is 5.13. The molecule has 32 heavy (non-hydrogen) atoms. The molecule has 0 aliphatic carbocycles. The summed E-state index contributed by atoms with van der Waals surface area (Å²) in [5.41, 5.74) is -0.424. The van der Waals surface area contributed by atoms with Gasteiger partial charge in [0.05, 0.1) is 6.61 Å². The van der Waals surface area contributed by atoms with Gasteiger partial charge >= 0.3 is 0 Å².